The summed E-state index contributed by atoms with van der Waals surface area (Å²) >= 11 is 0. The fourth-order valence-electron chi connectivity index (χ4n) is 3.30. The first-order chi connectivity index (χ1) is 12.8. The molecule has 0 radical (unpaired) electrons. The molecule has 0 spiro atoms. The molecule has 2 aliphatic heterocycles. The Labute approximate surface area is 155 Å². The van der Waals surface area contributed by atoms with Gasteiger partial charge in [0.05, 0.1) is 37.9 Å². The molecule has 0 amide bonds. The summed E-state index contributed by atoms with van der Waals surface area (Å²) in [5, 5.41) is 7.12. The second-order valence-corrected chi connectivity index (χ2v) is 6.46. The summed E-state index contributed by atoms with van der Waals surface area (Å²) in [6.07, 6.45) is 4.31. The quantitative estimate of drug-likeness (QED) is 0.593. The van der Waals surface area contributed by atoms with E-state index in [2.05, 4.69) is 11.5 Å². The summed E-state index contributed by atoms with van der Waals surface area (Å²) in [5.74, 6) is -2.76. The van der Waals surface area contributed by atoms with Gasteiger partial charge in [-0.2, -0.15) is 13.2 Å². The first-order valence-electron chi connectivity index (χ1n) is 8.70. The van der Waals surface area contributed by atoms with Crippen molar-refractivity contribution >= 4 is 5.97 Å². The van der Waals surface area contributed by atoms with Crippen LogP contribution < -0.4 is 0 Å². The molecule has 6 nitrogen and oxygen atoms in total. The fourth-order valence-corrected chi connectivity index (χ4v) is 3.30. The Bertz CT molecular complexity index is 590. The van der Waals surface area contributed by atoms with Crippen LogP contribution in [0, 0.1) is 0 Å². The smallest absolute Gasteiger partial charge is 0.475 e. The summed E-state index contributed by atoms with van der Waals surface area (Å²) in [6.45, 7) is 7.05. The minimum atomic E-state index is -5.08. The van der Waals surface area contributed by atoms with Gasteiger partial charge in [0, 0.05) is 24.7 Å². The van der Waals surface area contributed by atoms with E-state index in [0.717, 1.165) is 25.9 Å². The number of halogens is 3. The maximum atomic E-state index is 10.6. The molecule has 1 aromatic heterocycles. The average Bonchev–Trinajstić information content (AvgIpc) is 3.25. The number of carbonyl (C=O) groups is 1. The van der Waals surface area contributed by atoms with Crippen molar-refractivity contribution in [3.63, 3.8) is 0 Å². The van der Waals surface area contributed by atoms with Crippen LogP contribution >= 0.6 is 0 Å². The van der Waals surface area contributed by atoms with Crippen molar-refractivity contribution < 1.29 is 37.0 Å². The van der Waals surface area contributed by atoms with Crippen molar-refractivity contribution in [2.75, 3.05) is 19.8 Å². The fraction of sp³-hybridized carbons (Fsp3) is 0.611. The number of ether oxygens (including phenoxy) is 2. The molecule has 3 atom stereocenters. The van der Waals surface area contributed by atoms with E-state index in [0.29, 0.717) is 25.4 Å². The highest BCUT2D eigenvalue weighted by Crippen LogP contribution is 2.32. The Morgan fingerprint density at radius 2 is 2.15 bits per heavy atom. The van der Waals surface area contributed by atoms with Crippen LogP contribution in [0.3, 0.4) is 0 Å². The van der Waals surface area contributed by atoms with Crippen LogP contribution in [0.2, 0.25) is 0 Å². The summed E-state index contributed by atoms with van der Waals surface area (Å²) in [6, 6.07) is 2.60. The maximum Gasteiger partial charge on any atom is 0.490 e. The highest BCUT2D eigenvalue weighted by molar-refractivity contribution is 5.73. The molecule has 9 heteroatoms. The van der Waals surface area contributed by atoms with E-state index in [4.69, 9.17) is 23.8 Å². The highest BCUT2D eigenvalue weighted by atomic mass is 19.4. The number of fused-ring (bicyclic) bond motifs is 1. The van der Waals surface area contributed by atoms with E-state index in [9.17, 15) is 13.2 Å². The summed E-state index contributed by atoms with van der Waals surface area (Å²) < 4.78 is 48.6. The van der Waals surface area contributed by atoms with Gasteiger partial charge in [0.2, 0.25) is 0 Å². The zero-order valence-corrected chi connectivity index (χ0v) is 14.9. The molecule has 0 unspecified atom stereocenters. The molecule has 0 aromatic carbocycles. The second kappa shape index (κ2) is 9.91. The number of hydrogen-bond donors (Lipinski definition) is 1. The van der Waals surface area contributed by atoms with E-state index in [1.807, 2.05) is 12.3 Å². The molecule has 27 heavy (non-hydrogen) atoms. The average molecular weight is 391 g/mol. The lowest BCUT2D eigenvalue weighted by Gasteiger charge is -2.35. The molecule has 2 aliphatic rings. The van der Waals surface area contributed by atoms with Gasteiger partial charge in [-0.15, -0.1) is 6.58 Å². The normalized spacial score (nSPS) is 25.4. The largest absolute Gasteiger partial charge is 0.490 e. The van der Waals surface area contributed by atoms with Crippen LogP contribution in [-0.4, -0.2) is 60.2 Å². The molecule has 3 rings (SSSR count). The topological polar surface area (TPSA) is 72.1 Å². The number of alkyl halides is 3. The van der Waals surface area contributed by atoms with Gasteiger partial charge >= 0.3 is 12.1 Å². The number of rotatable bonds is 6. The van der Waals surface area contributed by atoms with Crippen LogP contribution in [0.15, 0.2) is 35.7 Å². The summed E-state index contributed by atoms with van der Waals surface area (Å²) in [4.78, 5) is 11.4. The lowest BCUT2D eigenvalue weighted by molar-refractivity contribution is -0.192. The van der Waals surface area contributed by atoms with Crippen molar-refractivity contribution in [2.45, 2.75) is 50.2 Å². The molecule has 3 heterocycles. The van der Waals surface area contributed by atoms with E-state index < -0.39 is 12.1 Å². The van der Waals surface area contributed by atoms with Crippen LogP contribution in [0.1, 0.15) is 24.8 Å². The van der Waals surface area contributed by atoms with Gasteiger partial charge in [0.25, 0.3) is 0 Å². The Morgan fingerprint density at radius 3 is 2.74 bits per heavy atom. The highest BCUT2D eigenvalue weighted by Gasteiger charge is 2.40. The molecule has 2 saturated heterocycles. The third kappa shape index (κ3) is 6.67. The van der Waals surface area contributed by atoms with Gasteiger partial charge in [0.15, 0.2) is 0 Å². The third-order valence-corrected chi connectivity index (χ3v) is 4.50. The van der Waals surface area contributed by atoms with Crippen molar-refractivity contribution in [1.82, 2.24) is 4.90 Å². The molecule has 0 aliphatic carbocycles. The number of nitrogens with zero attached hydrogens (tertiary/aromatic N) is 1. The monoisotopic (exact) mass is 391 g/mol. The molecule has 1 aromatic rings. The van der Waals surface area contributed by atoms with Gasteiger partial charge in [0.1, 0.15) is 0 Å². The third-order valence-electron chi connectivity index (χ3n) is 4.50. The zero-order chi connectivity index (χ0) is 19.9. The minimum Gasteiger partial charge on any atom is -0.475 e. The number of aliphatic carboxylic acids is 1. The van der Waals surface area contributed by atoms with E-state index >= 15 is 0 Å². The van der Waals surface area contributed by atoms with Crippen LogP contribution in [0.25, 0.3) is 0 Å². The minimum absolute atomic E-state index is 0.255. The summed E-state index contributed by atoms with van der Waals surface area (Å²) in [7, 11) is 0. The lowest BCUT2D eigenvalue weighted by Crippen LogP contribution is -2.43. The number of furan rings is 1. The van der Waals surface area contributed by atoms with Crippen molar-refractivity contribution in [2.24, 2.45) is 0 Å². The predicted octanol–water partition coefficient (Wildman–Crippen LogP) is 3.24. The molecular weight excluding hydrogens is 367 g/mol. The molecule has 0 bridgehead atoms. The second-order valence-electron chi connectivity index (χ2n) is 6.46. The molecule has 2 fully saturated rings. The first-order valence-corrected chi connectivity index (χ1v) is 8.70. The number of hydrogen-bond acceptors (Lipinski definition) is 5. The SMILES string of the molecule is C=CCOC[C@H]1CC[C@@H]2[C@@H](CCN2Cc2ccoc2)O1.O=C(O)C(F)(F)F. The molecule has 0 saturated carbocycles. The van der Waals surface area contributed by atoms with Gasteiger partial charge < -0.3 is 19.0 Å². The molecule has 1 N–H and O–H groups in total. The Morgan fingerprint density at radius 1 is 1.41 bits per heavy atom. The van der Waals surface area contributed by atoms with Gasteiger partial charge in [-0.3, -0.25) is 4.90 Å². The number of likely N-dealkylation sites (tertiary alicyclic amines) is 1. The molecular formula is C18H24F3NO5. The molecule has 152 valence electrons. The summed E-state index contributed by atoms with van der Waals surface area (Å²) in [5.41, 5.74) is 1.25. The predicted molar refractivity (Wildman–Crippen MR) is 90.1 cm³/mol. The Balaban J connectivity index is 0.000000321. The van der Waals surface area contributed by atoms with Gasteiger partial charge in [-0.25, -0.2) is 4.79 Å². The van der Waals surface area contributed by atoms with Gasteiger partial charge in [-0.1, -0.05) is 6.08 Å². The van der Waals surface area contributed by atoms with Crippen LogP contribution in [0.5, 0.6) is 0 Å². The maximum absolute atomic E-state index is 10.6. The number of carboxylic acid groups (broad SMARTS) is 1. The van der Waals surface area contributed by atoms with Crippen LogP contribution in [0.4, 0.5) is 13.2 Å². The van der Waals surface area contributed by atoms with E-state index in [1.54, 1.807) is 12.3 Å². The van der Waals surface area contributed by atoms with E-state index in [1.165, 1.54) is 12.0 Å². The van der Waals surface area contributed by atoms with Crippen LogP contribution in [-0.2, 0) is 20.8 Å². The Hall–Kier alpha value is -1.84. The van der Waals surface area contributed by atoms with Crippen molar-refractivity contribution in [3.05, 3.63) is 36.8 Å². The standard InChI is InChI=1S/C16H23NO3.C2HF3O2/c1-2-8-18-12-14-3-4-15-16(20-14)5-7-17(15)10-13-6-9-19-11-13;3-2(4,5)1(6)7/h2,6,9,11,14-16H,1,3-5,7-8,10,12H2;(H,6,7)/t14-,15-,16-;/m1./s1. The zero-order valence-electron chi connectivity index (χ0n) is 14.9. The van der Waals surface area contributed by atoms with Crippen molar-refractivity contribution in [3.8, 4) is 0 Å². The first kappa shape index (κ1) is 21.5. The Kier molecular flexibility index (Phi) is 7.88. The van der Waals surface area contributed by atoms with Gasteiger partial charge in [-0.05, 0) is 25.3 Å². The van der Waals surface area contributed by atoms with E-state index in [-0.39, 0.29) is 6.10 Å². The number of carboxylic acids is 1. The van der Waals surface area contributed by atoms with Crippen molar-refractivity contribution in [1.29, 1.82) is 0 Å². The lowest BCUT2D eigenvalue weighted by atomic mass is 9.99.